The minimum Gasteiger partial charge on any atom is -0.387 e. The number of nitrogens with one attached hydrogen (secondary N) is 1. The number of carbonyl (C=O) groups is 1. The fraction of sp³-hybridized carbons (Fsp3) is 0.300. The van der Waals surface area contributed by atoms with Gasteiger partial charge in [0.05, 0.1) is 17.5 Å². The smallest absolute Gasteiger partial charge is 0.222 e. The van der Waals surface area contributed by atoms with E-state index in [1.165, 1.54) is 6.92 Å². The summed E-state index contributed by atoms with van der Waals surface area (Å²) >= 11 is 0. The number of amides is 1. The molecular formula is C20H22N4O2. The molecule has 3 rings (SSSR count). The molecule has 134 valence electrons. The molecule has 3 aromatic heterocycles. The molecule has 3 aromatic rings. The fourth-order valence-corrected chi connectivity index (χ4v) is 2.88. The van der Waals surface area contributed by atoms with Crippen molar-refractivity contribution >= 4 is 22.5 Å². The predicted octanol–water partition coefficient (Wildman–Crippen LogP) is 3.79. The van der Waals surface area contributed by atoms with Gasteiger partial charge in [0.1, 0.15) is 5.82 Å². The highest BCUT2D eigenvalue weighted by Crippen LogP contribution is 2.27. The third-order valence-electron chi connectivity index (χ3n) is 4.22. The van der Waals surface area contributed by atoms with Crippen LogP contribution in [0.25, 0.3) is 22.0 Å². The van der Waals surface area contributed by atoms with Crippen molar-refractivity contribution in [1.82, 2.24) is 15.0 Å². The quantitative estimate of drug-likeness (QED) is 0.731. The Hall–Kier alpha value is -2.86. The third kappa shape index (κ3) is 3.86. The van der Waals surface area contributed by atoms with Crippen molar-refractivity contribution < 1.29 is 9.90 Å². The second-order valence-electron chi connectivity index (χ2n) is 6.40. The molecule has 0 radical (unpaired) electrons. The van der Waals surface area contributed by atoms with Crippen molar-refractivity contribution in [3.8, 4) is 11.3 Å². The van der Waals surface area contributed by atoms with Gasteiger partial charge >= 0.3 is 0 Å². The lowest BCUT2D eigenvalue weighted by atomic mass is 10.0. The van der Waals surface area contributed by atoms with Crippen LogP contribution in [0.1, 0.15) is 44.1 Å². The normalized spacial score (nSPS) is 12.2. The molecule has 0 aliphatic rings. The highest BCUT2D eigenvalue weighted by atomic mass is 16.3. The van der Waals surface area contributed by atoms with Crippen LogP contribution in [0.4, 0.5) is 5.82 Å². The van der Waals surface area contributed by atoms with Gasteiger partial charge in [-0.05, 0) is 37.1 Å². The van der Waals surface area contributed by atoms with Crippen LogP contribution in [0.15, 0.2) is 36.8 Å². The minimum absolute atomic E-state index is 0.159. The Labute approximate surface area is 152 Å². The maximum Gasteiger partial charge on any atom is 0.222 e. The Balaban J connectivity index is 1.94. The fourth-order valence-electron chi connectivity index (χ4n) is 2.88. The largest absolute Gasteiger partial charge is 0.387 e. The topological polar surface area (TPSA) is 88.0 Å². The molecule has 26 heavy (non-hydrogen) atoms. The van der Waals surface area contributed by atoms with E-state index in [9.17, 15) is 9.90 Å². The van der Waals surface area contributed by atoms with Gasteiger partial charge in [-0.3, -0.25) is 14.8 Å². The number of hydrogen-bond donors (Lipinski definition) is 2. The molecule has 0 aliphatic heterocycles. The molecule has 0 saturated carbocycles. The monoisotopic (exact) mass is 350 g/mol. The summed E-state index contributed by atoms with van der Waals surface area (Å²) in [6.07, 6.45) is 6.31. The van der Waals surface area contributed by atoms with Gasteiger partial charge in [-0.25, -0.2) is 4.98 Å². The zero-order valence-electron chi connectivity index (χ0n) is 15.2. The van der Waals surface area contributed by atoms with Gasteiger partial charge in [-0.15, -0.1) is 0 Å². The molecule has 0 bridgehead atoms. The highest BCUT2D eigenvalue weighted by molar-refractivity contribution is 5.92. The SMILES string of the molecule is CCC[C@H](O)c1cc(C)c(-c2cc3cnc(NC(C)=O)cc3cn2)cn1. The standard InChI is InChI=1S/C20H22N4O2/c1-4-5-19(26)18-6-12(2)16(11-22-18)17-7-14-10-23-20(24-13(3)25)8-15(14)9-21-17/h6-11,19,26H,4-5H2,1-3H3,(H,23,24,25)/t19-/m0/s1. The van der Waals surface area contributed by atoms with Crippen LogP contribution in [0.3, 0.4) is 0 Å². The molecule has 0 spiro atoms. The number of aryl methyl sites for hydroxylation is 1. The molecule has 0 aliphatic carbocycles. The number of pyridine rings is 3. The Kier molecular flexibility index (Phi) is 5.23. The van der Waals surface area contributed by atoms with Crippen LogP contribution in [0, 0.1) is 6.92 Å². The maximum atomic E-state index is 11.2. The van der Waals surface area contributed by atoms with Crippen molar-refractivity contribution in [3.05, 3.63) is 48.0 Å². The van der Waals surface area contributed by atoms with E-state index in [1.54, 1.807) is 24.7 Å². The number of aromatic nitrogens is 3. The number of aliphatic hydroxyl groups is 1. The highest BCUT2D eigenvalue weighted by Gasteiger charge is 2.12. The molecule has 1 amide bonds. The zero-order valence-corrected chi connectivity index (χ0v) is 15.2. The molecule has 6 nitrogen and oxygen atoms in total. The summed E-state index contributed by atoms with van der Waals surface area (Å²) in [6.45, 7) is 5.47. The van der Waals surface area contributed by atoms with Crippen LogP contribution < -0.4 is 5.32 Å². The van der Waals surface area contributed by atoms with E-state index in [0.717, 1.165) is 34.0 Å². The van der Waals surface area contributed by atoms with Gasteiger partial charge in [0.25, 0.3) is 0 Å². The van der Waals surface area contributed by atoms with Gasteiger partial charge in [0.15, 0.2) is 0 Å². The number of anilines is 1. The summed E-state index contributed by atoms with van der Waals surface area (Å²) in [4.78, 5) is 24.3. The number of nitrogens with zero attached hydrogens (tertiary/aromatic N) is 3. The van der Waals surface area contributed by atoms with Crippen LogP contribution >= 0.6 is 0 Å². The second kappa shape index (κ2) is 7.58. The van der Waals surface area contributed by atoms with Gasteiger partial charge in [0.2, 0.25) is 5.91 Å². The van der Waals surface area contributed by atoms with E-state index >= 15 is 0 Å². The van der Waals surface area contributed by atoms with Crippen LogP contribution in [-0.2, 0) is 4.79 Å². The molecule has 0 unspecified atom stereocenters. The lowest BCUT2D eigenvalue weighted by molar-refractivity contribution is -0.114. The van der Waals surface area contributed by atoms with Gasteiger partial charge in [0, 0.05) is 41.9 Å². The van der Waals surface area contributed by atoms with Crippen LogP contribution in [0.5, 0.6) is 0 Å². The number of hydrogen-bond acceptors (Lipinski definition) is 5. The van der Waals surface area contributed by atoms with Gasteiger partial charge in [-0.1, -0.05) is 13.3 Å². The Morgan fingerprint density at radius 2 is 1.85 bits per heavy atom. The first kappa shape index (κ1) is 17.9. The number of rotatable bonds is 5. The lowest BCUT2D eigenvalue weighted by Crippen LogP contribution is -2.07. The Morgan fingerprint density at radius 1 is 1.12 bits per heavy atom. The molecule has 1 atom stereocenters. The summed E-state index contributed by atoms with van der Waals surface area (Å²) in [5, 5.41) is 14.6. The Morgan fingerprint density at radius 3 is 2.54 bits per heavy atom. The first-order chi connectivity index (χ1) is 12.5. The summed E-state index contributed by atoms with van der Waals surface area (Å²) < 4.78 is 0. The van der Waals surface area contributed by atoms with Gasteiger partial charge in [-0.2, -0.15) is 0 Å². The van der Waals surface area contributed by atoms with Crippen molar-refractivity contribution in [3.63, 3.8) is 0 Å². The van der Waals surface area contributed by atoms with Crippen LogP contribution in [0.2, 0.25) is 0 Å². The van der Waals surface area contributed by atoms with Crippen molar-refractivity contribution in [2.45, 2.75) is 39.7 Å². The van der Waals surface area contributed by atoms with Gasteiger partial charge < -0.3 is 10.4 Å². The molecule has 2 N–H and O–H groups in total. The minimum atomic E-state index is -0.534. The number of aliphatic hydroxyl groups excluding tert-OH is 1. The summed E-state index contributed by atoms with van der Waals surface area (Å²) in [6, 6.07) is 5.66. The summed E-state index contributed by atoms with van der Waals surface area (Å²) in [7, 11) is 0. The van der Waals surface area contributed by atoms with E-state index in [2.05, 4.69) is 20.3 Å². The lowest BCUT2D eigenvalue weighted by Gasteiger charge is -2.12. The van der Waals surface area contributed by atoms with E-state index in [0.29, 0.717) is 17.9 Å². The molecule has 0 aromatic carbocycles. The zero-order chi connectivity index (χ0) is 18.7. The van der Waals surface area contributed by atoms with E-state index < -0.39 is 6.10 Å². The van der Waals surface area contributed by atoms with E-state index in [-0.39, 0.29) is 5.91 Å². The summed E-state index contributed by atoms with van der Waals surface area (Å²) in [5.41, 5.74) is 3.42. The average molecular weight is 350 g/mol. The first-order valence-corrected chi connectivity index (χ1v) is 8.66. The first-order valence-electron chi connectivity index (χ1n) is 8.66. The van der Waals surface area contributed by atoms with E-state index in [4.69, 9.17) is 0 Å². The number of fused-ring (bicyclic) bond motifs is 1. The van der Waals surface area contributed by atoms with Crippen molar-refractivity contribution in [2.75, 3.05) is 5.32 Å². The second-order valence-corrected chi connectivity index (χ2v) is 6.40. The van der Waals surface area contributed by atoms with E-state index in [1.807, 2.05) is 26.0 Å². The summed E-state index contributed by atoms with van der Waals surface area (Å²) in [5.74, 6) is 0.347. The maximum absolute atomic E-state index is 11.2. The number of carbonyl (C=O) groups excluding carboxylic acids is 1. The van der Waals surface area contributed by atoms with Crippen LogP contribution in [-0.4, -0.2) is 26.0 Å². The average Bonchev–Trinajstić information content (AvgIpc) is 2.61. The Bertz CT molecular complexity index is 956. The molecule has 0 fully saturated rings. The predicted molar refractivity (Wildman–Crippen MR) is 102 cm³/mol. The molecule has 6 heteroatoms. The molecule has 3 heterocycles. The van der Waals surface area contributed by atoms with Crippen molar-refractivity contribution in [2.24, 2.45) is 0 Å². The molecular weight excluding hydrogens is 328 g/mol. The molecule has 0 saturated heterocycles. The third-order valence-corrected chi connectivity index (χ3v) is 4.22. The van der Waals surface area contributed by atoms with Crippen molar-refractivity contribution in [1.29, 1.82) is 0 Å².